The molecule has 6 nitrogen and oxygen atoms in total. The Balaban J connectivity index is 0.00000384. The van der Waals surface area contributed by atoms with Gasteiger partial charge >= 0.3 is 0 Å². The van der Waals surface area contributed by atoms with Crippen molar-refractivity contribution in [2.45, 2.75) is 51.9 Å². The van der Waals surface area contributed by atoms with E-state index in [2.05, 4.69) is 39.1 Å². The summed E-state index contributed by atoms with van der Waals surface area (Å²) >= 11 is 6.28. The van der Waals surface area contributed by atoms with Gasteiger partial charge in [-0.3, -0.25) is 9.69 Å². The lowest BCUT2D eigenvalue weighted by atomic mass is 9.70. The molecule has 44 heavy (non-hydrogen) atoms. The van der Waals surface area contributed by atoms with Crippen LogP contribution in [-0.2, 0) is 0 Å². The zero-order valence-electron chi connectivity index (χ0n) is 26.4. The Labute approximate surface area is 275 Å². The van der Waals surface area contributed by atoms with Crippen LogP contribution in [0.1, 0.15) is 67.8 Å². The first-order chi connectivity index (χ1) is 20.8. The number of allylic oxidation sites excluding steroid dienone is 1. The molecular formula is C36H51Cl2N5O. The molecular weight excluding hydrogens is 589 g/mol. The Morgan fingerprint density at radius 3 is 2.16 bits per heavy atom. The second-order valence-electron chi connectivity index (χ2n) is 14.0. The Bertz CT molecular complexity index is 1260. The van der Waals surface area contributed by atoms with Gasteiger partial charge in [0.25, 0.3) is 0 Å². The van der Waals surface area contributed by atoms with Gasteiger partial charge < -0.3 is 20.9 Å². The zero-order chi connectivity index (χ0) is 29.8. The molecule has 3 saturated heterocycles. The zero-order valence-corrected chi connectivity index (χ0v) is 28.0. The number of hydrogen-bond acceptors (Lipinski definition) is 5. The van der Waals surface area contributed by atoms with Gasteiger partial charge in [0.05, 0.1) is 0 Å². The number of piperazine rings is 1. The number of likely N-dealkylation sites (tertiary alicyclic amines) is 1. The molecule has 0 bridgehead atoms. The fraction of sp³-hybridized carbons (Fsp3) is 0.583. The van der Waals surface area contributed by atoms with Crippen molar-refractivity contribution in [2.24, 2.45) is 23.0 Å². The molecule has 240 valence electrons. The van der Waals surface area contributed by atoms with Crippen LogP contribution in [0.5, 0.6) is 0 Å². The number of nitrogens with two attached hydrogens (primary N) is 1. The topological polar surface area (TPSA) is 64.8 Å². The number of primary amides is 1. The van der Waals surface area contributed by atoms with Gasteiger partial charge in [-0.2, -0.15) is 0 Å². The molecule has 3 aliphatic heterocycles. The van der Waals surface area contributed by atoms with Crippen LogP contribution in [0, 0.1) is 17.3 Å². The van der Waals surface area contributed by atoms with Crippen LogP contribution < -0.4 is 16.0 Å². The third-order valence-corrected chi connectivity index (χ3v) is 11.1. The number of halogens is 2. The van der Waals surface area contributed by atoms with Gasteiger partial charge in [0.15, 0.2) is 0 Å². The number of benzene rings is 2. The van der Waals surface area contributed by atoms with Crippen LogP contribution in [-0.4, -0.2) is 81.2 Å². The van der Waals surface area contributed by atoms with E-state index in [1.807, 2.05) is 36.4 Å². The summed E-state index contributed by atoms with van der Waals surface area (Å²) in [7, 11) is 0. The smallest absolute Gasteiger partial charge is 0.248 e. The number of nitrogens with zero attached hydrogens (tertiary/aromatic N) is 3. The van der Waals surface area contributed by atoms with E-state index < -0.39 is 0 Å². The van der Waals surface area contributed by atoms with Crippen molar-refractivity contribution in [3.63, 3.8) is 0 Å². The van der Waals surface area contributed by atoms with Gasteiger partial charge in [-0.05, 0) is 136 Å². The number of carbonyl (C=O) groups is 1. The van der Waals surface area contributed by atoms with Gasteiger partial charge in [-0.1, -0.05) is 36.2 Å². The van der Waals surface area contributed by atoms with E-state index in [-0.39, 0.29) is 18.3 Å². The fourth-order valence-electron chi connectivity index (χ4n) is 8.31. The van der Waals surface area contributed by atoms with Gasteiger partial charge in [-0.15, -0.1) is 12.4 Å². The summed E-state index contributed by atoms with van der Waals surface area (Å²) in [5.74, 6) is 1.51. The lowest BCUT2D eigenvalue weighted by molar-refractivity contribution is 0.0855. The Hall–Kier alpha value is -2.09. The van der Waals surface area contributed by atoms with Crippen molar-refractivity contribution in [3.05, 3.63) is 70.3 Å². The first-order valence-corrected chi connectivity index (χ1v) is 17.0. The highest BCUT2D eigenvalue weighted by Crippen LogP contribution is 2.44. The predicted octanol–water partition coefficient (Wildman–Crippen LogP) is 6.34. The second-order valence-corrected chi connectivity index (χ2v) is 14.4. The fourth-order valence-corrected chi connectivity index (χ4v) is 8.43. The Kier molecular flexibility index (Phi) is 11.3. The van der Waals surface area contributed by atoms with Gasteiger partial charge in [0, 0.05) is 55.5 Å². The maximum atomic E-state index is 11.5. The van der Waals surface area contributed by atoms with E-state index in [1.54, 1.807) is 11.1 Å². The molecule has 2 aromatic carbocycles. The molecule has 0 saturated carbocycles. The first-order valence-electron chi connectivity index (χ1n) is 16.6. The molecule has 6 rings (SSSR count). The second kappa shape index (κ2) is 15.0. The molecule has 1 amide bonds. The largest absolute Gasteiger partial charge is 0.369 e. The first kappa shape index (κ1) is 33.3. The average molecular weight is 641 g/mol. The lowest BCUT2D eigenvalue weighted by Crippen LogP contribution is -2.48. The Morgan fingerprint density at radius 2 is 1.52 bits per heavy atom. The van der Waals surface area contributed by atoms with Gasteiger partial charge in [0.2, 0.25) is 5.91 Å². The third-order valence-electron chi connectivity index (χ3n) is 10.8. The molecule has 0 aromatic heterocycles. The predicted molar refractivity (Wildman–Crippen MR) is 186 cm³/mol. The molecule has 8 heteroatoms. The standard InChI is InChI=1S/C36H50ClN5O.ClH/c1-36(26-41-18-13-28(14-19-41)27-11-16-39-17-12-27)15-10-34(29-2-6-32(37)7-3-29)31(24-36)25-40-20-22-42(23-21-40)33-8-4-30(5-9-33)35(38)43;/h2-9,27-28,39H,10-26H2,1H3,(H2,38,43);1H/t36-;/m1./s1. The monoisotopic (exact) mass is 639 g/mol. The minimum absolute atomic E-state index is 0. The van der Waals surface area contributed by atoms with E-state index in [0.29, 0.717) is 11.0 Å². The van der Waals surface area contributed by atoms with Crippen LogP contribution >= 0.6 is 24.0 Å². The number of piperidine rings is 2. The van der Waals surface area contributed by atoms with Gasteiger partial charge in [0.1, 0.15) is 0 Å². The van der Waals surface area contributed by atoms with Crippen LogP contribution in [0.25, 0.3) is 5.57 Å². The molecule has 1 aliphatic carbocycles. The Morgan fingerprint density at radius 1 is 0.886 bits per heavy atom. The summed E-state index contributed by atoms with van der Waals surface area (Å²) in [6.45, 7) is 13.8. The molecule has 0 radical (unpaired) electrons. The molecule has 2 aromatic rings. The molecule has 1 atom stereocenters. The highest BCUT2D eigenvalue weighted by Gasteiger charge is 2.36. The number of amides is 1. The molecule has 0 unspecified atom stereocenters. The average Bonchev–Trinajstić information content (AvgIpc) is 3.03. The molecule has 3 N–H and O–H groups in total. The number of rotatable bonds is 8. The normalized spacial score (nSPS) is 24.7. The molecule has 3 fully saturated rings. The highest BCUT2D eigenvalue weighted by molar-refractivity contribution is 6.30. The maximum Gasteiger partial charge on any atom is 0.248 e. The molecule has 0 spiro atoms. The maximum absolute atomic E-state index is 11.5. The van der Waals surface area contributed by atoms with E-state index in [0.717, 1.165) is 56.0 Å². The summed E-state index contributed by atoms with van der Waals surface area (Å²) in [6.07, 6.45) is 9.08. The van der Waals surface area contributed by atoms with Crippen molar-refractivity contribution in [1.82, 2.24) is 15.1 Å². The summed E-state index contributed by atoms with van der Waals surface area (Å²) in [6, 6.07) is 16.3. The van der Waals surface area contributed by atoms with E-state index in [4.69, 9.17) is 17.3 Å². The van der Waals surface area contributed by atoms with Crippen LogP contribution in [0.2, 0.25) is 5.02 Å². The summed E-state index contributed by atoms with van der Waals surface area (Å²) in [5, 5.41) is 4.35. The summed E-state index contributed by atoms with van der Waals surface area (Å²) in [5.41, 5.74) is 12.0. The van der Waals surface area contributed by atoms with Crippen molar-refractivity contribution in [2.75, 3.05) is 70.3 Å². The number of nitrogens with one attached hydrogen (secondary N) is 1. The quantitative estimate of drug-likeness (QED) is 0.353. The molecule has 3 heterocycles. The van der Waals surface area contributed by atoms with E-state index in [1.165, 1.54) is 82.5 Å². The SMILES string of the molecule is C[C@@]1(CN2CCC(C3CCNCC3)CC2)CCC(c2ccc(Cl)cc2)=C(CN2CCN(c3ccc(C(N)=O)cc3)CC2)C1.Cl. The number of hydrogen-bond donors (Lipinski definition) is 2. The minimum Gasteiger partial charge on any atom is -0.369 e. The number of carbonyl (C=O) groups excluding carboxylic acids is 1. The van der Waals surface area contributed by atoms with Crippen LogP contribution in [0.3, 0.4) is 0 Å². The van der Waals surface area contributed by atoms with E-state index in [9.17, 15) is 4.79 Å². The van der Waals surface area contributed by atoms with Crippen molar-refractivity contribution >= 4 is 41.2 Å². The van der Waals surface area contributed by atoms with Crippen LogP contribution in [0.4, 0.5) is 5.69 Å². The van der Waals surface area contributed by atoms with Crippen molar-refractivity contribution < 1.29 is 4.79 Å². The van der Waals surface area contributed by atoms with Crippen molar-refractivity contribution in [3.8, 4) is 0 Å². The minimum atomic E-state index is -0.373. The van der Waals surface area contributed by atoms with Crippen LogP contribution in [0.15, 0.2) is 54.1 Å². The summed E-state index contributed by atoms with van der Waals surface area (Å²) in [4.78, 5) is 19.4. The third kappa shape index (κ3) is 8.19. The van der Waals surface area contributed by atoms with Crippen molar-refractivity contribution in [1.29, 1.82) is 0 Å². The van der Waals surface area contributed by atoms with Gasteiger partial charge in [-0.25, -0.2) is 0 Å². The highest BCUT2D eigenvalue weighted by atomic mass is 35.5. The summed E-state index contributed by atoms with van der Waals surface area (Å²) < 4.78 is 0. The molecule has 4 aliphatic rings. The van der Waals surface area contributed by atoms with E-state index >= 15 is 0 Å². The number of anilines is 1. The lowest BCUT2D eigenvalue weighted by Gasteiger charge is -2.45.